The molecule has 1 amide bonds. The molecule has 0 unspecified atom stereocenters. The summed E-state index contributed by atoms with van der Waals surface area (Å²) in [5, 5.41) is 19.6. The largest absolute Gasteiger partial charge is 0.388 e. The third-order valence-corrected chi connectivity index (χ3v) is 2.91. The summed E-state index contributed by atoms with van der Waals surface area (Å²) in [6, 6.07) is 1.77. The van der Waals surface area contributed by atoms with Crippen LogP contribution >= 0.6 is 0 Å². The molecular weight excluding hydrogens is 242 g/mol. The second-order valence-corrected chi connectivity index (χ2v) is 5.81. The summed E-state index contributed by atoms with van der Waals surface area (Å²) in [5.74, 6) is 0.268. The van der Waals surface area contributed by atoms with Crippen LogP contribution in [0.3, 0.4) is 0 Å². The zero-order chi connectivity index (χ0) is 14.5. The lowest BCUT2D eigenvalue weighted by atomic mass is 10.0. The Kier molecular flexibility index (Phi) is 5.54. The maximum atomic E-state index is 11.9. The third kappa shape index (κ3) is 5.42. The fraction of sp³-hybridized carbons (Fsp3) is 0.714. The minimum atomic E-state index is -0.860. The summed E-state index contributed by atoms with van der Waals surface area (Å²) in [5.41, 5.74) is 0.477. The highest BCUT2D eigenvalue weighted by Crippen LogP contribution is 2.11. The van der Waals surface area contributed by atoms with Crippen molar-refractivity contribution in [2.24, 2.45) is 5.92 Å². The molecule has 0 spiro atoms. The first-order chi connectivity index (χ1) is 8.84. The first-order valence-electron chi connectivity index (χ1n) is 6.89. The van der Waals surface area contributed by atoms with Crippen LogP contribution in [0, 0.1) is 5.92 Å². The average molecular weight is 267 g/mol. The quantitative estimate of drug-likeness (QED) is 0.706. The van der Waals surface area contributed by atoms with Crippen molar-refractivity contribution in [2.75, 3.05) is 6.54 Å². The number of rotatable bonds is 7. The zero-order valence-corrected chi connectivity index (χ0v) is 12.3. The van der Waals surface area contributed by atoms with Crippen molar-refractivity contribution in [3.63, 3.8) is 0 Å². The molecule has 0 saturated carbocycles. The molecule has 0 bridgehead atoms. The van der Waals surface area contributed by atoms with E-state index < -0.39 is 5.60 Å². The van der Waals surface area contributed by atoms with E-state index in [1.54, 1.807) is 13.0 Å². The van der Waals surface area contributed by atoms with E-state index in [-0.39, 0.29) is 12.5 Å². The third-order valence-electron chi connectivity index (χ3n) is 2.91. The number of aromatic amines is 1. The van der Waals surface area contributed by atoms with Crippen molar-refractivity contribution in [1.82, 2.24) is 15.5 Å². The van der Waals surface area contributed by atoms with Crippen molar-refractivity contribution in [3.8, 4) is 0 Å². The van der Waals surface area contributed by atoms with Gasteiger partial charge in [-0.25, -0.2) is 0 Å². The molecule has 108 valence electrons. The van der Waals surface area contributed by atoms with E-state index in [4.69, 9.17) is 0 Å². The molecule has 1 atom stereocenters. The molecular formula is C14H25N3O2. The minimum absolute atomic E-state index is 0.242. The number of nitrogens with one attached hydrogen (secondary N) is 2. The Morgan fingerprint density at radius 1 is 1.58 bits per heavy atom. The van der Waals surface area contributed by atoms with Crippen LogP contribution in [-0.4, -0.2) is 33.4 Å². The number of H-pyrrole nitrogens is 1. The molecule has 1 heterocycles. The highest BCUT2D eigenvalue weighted by atomic mass is 16.3. The summed E-state index contributed by atoms with van der Waals surface area (Å²) in [6.07, 6.45) is 2.41. The van der Waals surface area contributed by atoms with Gasteiger partial charge in [0.25, 0.3) is 5.91 Å². The first kappa shape index (κ1) is 15.7. The number of carbonyl (C=O) groups is 1. The topological polar surface area (TPSA) is 78.0 Å². The Bertz CT molecular complexity index is 411. The Morgan fingerprint density at radius 3 is 2.84 bits per heavy atom. The van der Waals surface area contributed by atoms with Crippen molar-refractivity contribution < 1.29 is 9.90 Å². The smallest absolute Gasteiger partial charge is 0.271 e. The highest BCUT2D eigenvalue weighted by molar-refractivity contribution is 5.92. The second kappa shape index (κ2) is 6.70. The Hall–Kier alpha value is -1.36. The molecule has 0 saturated heterocycles. The number of aromatic nitrogens is 2. The predicted molar refractivity (Wildman–Crippen MR) is 75.0 cm³/mol. The number of nitrogens with zero attached hydrogens (tertiary/aromatic N) is 1. The van der Waals surface area contributed by atoms with E-state index in [1.165, 1.54) is 0 Å². The summed E-state index contributed by atoms with van der Waals surface area (Å²) in [7, 11) is 0. The van der Waals surface area contributed by atoms with E-state index in [9.17, 15) is 9.90 Å². The fourth-order valence-corrected chi connectivity index (χ4v) is 2.01. The molecule has 1 aromatic rings. The Labute approximate surface area is 114 Å². The van der Waals surface area contributed by atoms with E-state index in [0.29, 0.717) is 18.0 Å². The van der Waals surface area contributed by atoms with Gasteiger partial charge in [0.2, 0.25) is 0 Å². The molecule has 0 aliphatic carbocycles. The van der Waals surface area contributed by atoms with E-state index >= 15 is 0 Å². The summed E-state index contributed by atoms with van der Waals surface area (Å²) in [4.78, 5) is 11.9. The monoisotopic (exact) mass is 267 g/mol. The van der Waals surface area contributed by atoms with Crippen molar-refractivity contribution in [1.29, 1.82) is 0 Å². The van der Waals surface area contributed by atoms with Gasteiger partial charge in [0.15, 0.2) is 0 Å². The molecule has 1 rings (SSSR count). The van der Waals surface area contributed by atoms with Gasteiger partial charge in [-0.3, -0.25) is 9.89 Å². The first-order valence-corrected chi connectivity index (χ1v) is 6.89. The van der Waals surface area contributed by atoms with Crippen LogP contribution in [0.15, 0.2) is 6.07 Å². The van der Waals surface area contributed by atoms with Crippen LogP contribution in [0.1, 0.15) is 56.7 Å². The van der Waals surface area contributed by atoms with Crippen LogP contribution in [0.25, 0.3) is 0 Å². The number of amides is 1. The van der Waals surface area contributed by atoms with Crippen molar-refractivity contribution in [2.45, 2.75) is 52.6 Å². The number of hydrogen-bond acceptors (Lipinski definition) is 3. The molecule has 3 N–H and O–H groups in total. The molecule has 1 aromatic heterocycles. The molecule has 5 heteroatoms. The lowest BCUT2D eigenvalue weighted by molar-refractivity contribution is 0.0468. The van der Waals surface area contributed by atoms with Gasteiger partial charge in [0, 0.05) is 12.2 Å². The van der Waals surface area contributed by atoms with E-state index in [2.05, 4.69) is 29.4 Å². The standard InChI is InChI=1S/C14H25N3O2/c1-5-6-14(4,19)9-15-13(18)12-8-11(16-17-12)7-10(2)3/h8,10,19H,5-7,9H2,1-4H3,(H,15,18)(H,16,17)/t14-/m0/s1. The van der Waals surface area contributed by atoms with Crippen LogP contribution in [0.5, 0.6) is 0 Å². The predicted octanol–water partition coefficient (Wildman–Crippen LogP) is 1.89. The number of aliphatic hydroxyl groups is 1. The zero-order valence-electron chi connectivity index (χ0n) is 12.3. The minimum Gasteiger partial charge on any atom is -0.388 e. The van der Waals surface area contributed by atoms with Crippen molar-refractivity contribution in [3.05, 3.63) is 17.5 Å². The average Bonchev–Trinajstić information content (AvgIpc) is 2.73. The summed E-state index contributed by atoms with van der Waals surface area (Å²) in [6.45, 7) is 8.20. The normalized spacial score (nSPS) is 14.4. The molecule has 5 nitrogen and oxygen atoms in total. The molecule has 0 aromatic carbocycles. The SMILES string of the molecule is CCC[C@](C)(O)CNC(=O)c1cc(CC(C)C)[nH]n1. The fourth-order valence-electron chi connectivity index (χ4n) is 2.01. The maximum absolute atomic E-state index is 11.9. The molecule has 0 aliphatic rings. The Balaban J connectivity index is 2.52. The van der Waals surface area contributed by atoms with Gasteiger partial charge in [0.1, 0.15) is 5.69 Å². The van der Waals surface area contributed by atoms with Crippen LogP contribution in [0.4, 0.5) is 0 Å². The van der Waals surface area contributed by atoms with Gasteiger partial charge in [-0.15, -0.1) is 0 Å². The van der Waals surface area contributed by atoms with Crippen LogP contribution in [-0.2, 0) is 6.42 Å². The van der Waals surface area contributed by atoms with Crippen LogP contribution < -0.4 is 5.32 Å². The van der Waals surface area contributed by atoms with Gasteiger partial charge in [-0.1, -0.05) is 27.2 Å². The number of hydrogen-bond donors (Lipinski definition) is 3. The summed E-state index contributed by atoms with van der Waals surface area (Å²) >= 11 is 0. The van der Waals surface area contributed by atoms with Gasteiger partial charge in [0.05, 0.1) is 5.60 Å². The number of carbonyl (C=O) groups excluding carboxylic acids is 1. The van der Waals surface area contributed by atoms with E-state index in [1.807, 2.05) is 6.92 Å². The van der Waals surface area contributed by atoms with Gasteiger partial charge >= 0.3 is 0 Å². The van der Waals surface area contributed by atoms with Crippen molar-refractivity contribution >= 4 is 5.91 Å². The van der Waals surface area contributed by atoms with Crippen LogP contribution in [0.2, 0.25) is 0 Å². The molecule has 19 heavy (non-hydrogen) atoms. The van der Waals surface area contributed by atoms with Gasteiger partial charge < -0.3 is 10.4 Å². The van der Waals surface area contributed by atoms with E-state index in [0.717, 1.165) is 18.5 Å². The lowest BCUT2D eigenvalue weighted by Gasteiger charge is -2.22. The second-order valence-electron chi connectivity index (χ2n) is 5.81. The lowest BCUT2D eigenvalue weighted by Crippen LogP contribution is -2.40. The summed E-state index contributed by atoms with van der Waals surface area (Å²) < 4.78 is 0. The molecule has 0 radical (unpaired) electrons. The molecule has 0 fully saturated rings. The molecule has 0 aliphatic heterocycles. The van der Waals surface area contributed by atoms with Gasteiger partial charge in [-0.2, -0.15) is 5.10 Å². The maximum Gasteiger partial charge on any atom is 0.271 e. The highest BCUT2D eigenvalue weighted by Gasteiger charge is 2.21. The van der Waals surface area contributed by atoms with Gasteiger partial charge in [-0.05, 0) is 31.7 Å². The Morgan fingerprint density at radius 2 is 2.26 bits per heavy atom.